The van der Waals surface area contributed by atoms with Crippen LogP contribution in [0.5, 0.6) is 0 Å². The monoisotopic (exact) mass is 262 g/mol. The molecule has 14 heavy (non-hydrogen) atoms. The molecule has 0 saturated carbocycles. The Kier molecular flexibility index (Phi) is 1.28. The van der Waals surface area contributed by atoms with Crippen LogP contribution in [0, 0.1) is 6.92 Å². The molecular weight excluding hydrogens is 240 g/mol. The number of hydrogen-bond acceptors (Lipinski definition) is 2. The van der Waals surface area contributed by atoms with Crippen LogP contribution in [-0.4, -0.2) is 26.0 Å². The summed E-state index contributed by atoms with van der Waals surface area (Å²) in [6, 6.07) is 4.65. The van der Waals surface area contributed by atoms with Crippen molar-refractivity contribution in [1.29, 1.82) is 0 Å². The lowest BCUT2D eigenvalue weighted by atomic mass is 10.2. The molecule has 3 heteroatoms. The Labute approximate surface area is 105 Å². The third-order valence-corrected chi connectivity index (χ3v) is 2.20. The van der Waals surface area contributed by atoms with Crippen molar-refractivity contribution in [3.05, 3.63) is 28.2 Å². The molecule has 1 aromatic carbocycles. The molecule has 0 spiro atoms. The summed E-state index contributed by atoms with van der Waals surface area (Å²) in [7, 11) is 0. The number of hydrogen-bond donors (Lipinski definition) is 1. The van der Waals surface area contributed by atoms with Gasteiger partial charge in [0.1, 0.15) is 0 Å². The highest BCUT2D eigenvalue weighted by Gasteiger charge is 2.10. The summed E-state index contributed by atoms with van der Waals surface area (Å²) in [6.45, 7) is -9.48. The average molecular weight is 263 g/mol. The maximum absolute atomic E-state index is 8.03. The summed E-state index contributed by atoms with van der Waals surface area (Å²) in [5, 5.41) is 1.80. The quantitative estimate of drug-likeness (QED) is 0.835. The van der Waals surface area contributed by atoms with Crippen molar-refractivity contribution < 1.29 is 11.0 Å². The van der Waals surface area contributed by atoms with Gasteiger partial charge in [0.25, 0.3) is 0 Å². The van der Waals surface area contributed by atoms with Crippen LogP contribution in [0.1, 0.15) is 16.5 Å². The Balaban J connectivity index is 2.71. The van der Waals surface area contributed by atoms with E-state index in [1.54, 1.807) is 18.3 Å². The third kappa shape index (κ3) is 2.28. The molecule has 0 bridgehead atoms. The van der Waals surface area contributed by atoms with Crippen LogP contribution >= 0.6 is 15.9 Å². The summed E-state index contributed by atoms with van der Waals surface area (Å²) < 4.78 is 63.8. The maximum atomic E-state index is 8.03. The van der Waals surface area contributed by atoms with Crippen molar-refractivity contribution in [3.8, 4) is 0 Å². The van der Waals surface area contributed by atoms with Gasteiger partial charge < -0.3 is 10.2 Å². The Hall–Kier alpha value is -0.540. The van der Waals surface area contributed by atoms with E-state index in [2.05, 4.69) is 15.9 Å². The molecule has 0 radical (unpaired) electrons. The summed E-state index contributed by atoms with van der Waals surface area (Å²) in [6.07, 6.45) is 0. The van der Waals surface area contributed by atoms with Gasteiger partial charge in [-0.15, -0.1) is 0 Å². The highest BCUT2D eigenvalue weighted by molar-refractivity contribution is 9.10. The summed E-state index contributed by atoms with van der Waals surface area (Å²) in [5.41, 5.74) is 0.756. The summed E-state index contributed by atoms with van der Waals surface area (Å²) >= 11 is 3.24. The molecule has 0 aliphatic carbocycles. The minimum absolute atomic E-state index is 0.0520. The van der Waals surface area contributed by atoms with Crippen molar-refractivity contribution >= 4 is 21.6 Å². The lowest BCUT2D eigenvalue weighted by Crippen LogP contribution is -2.43. The predicted octanol–water partition coefficient (Wildman–Crippen LogP) is 2.17. The minimum Gasteiger partial charge on any atom is -0.369 e. The smallest absolute Gasteiger partial charge is 0.0506 e. The van der Waals surface area contributed by atoms with E-state index in [0.717, 1.165) is 0 Å². The molecule has 0 atom stereocenters. The van der Waals surface area contributed by atoms with E-state index in [1.165, 1.54) is 12.1 Å². The molecule has 1 aromatic rings. The Morgan fingerprint density at radius 3 is 2.71 bits per heavy atom. The van der Waals surface area contributed by atoms with Crippen molar-refractivity contribution in [3.63, 3.8) is 0 Å². The van der Waals surface area contributed by atoms with Crippen molar-refractivity contribution in [1.82, 2.24) is 5.32 Å². The van der Waals surface area contributed by atoms with Crippen LogP contribution < -0.4 is 10.2 Å². The fraction of sp³-hybridized carbons (Fsp3) is 0.455. The van der Waals surface area contributed by atoms with Gasteiger partial charge in [0.2, 0.25) is 0 Å². The lowest BCUT2D eigenvalue weighted by molar-refractivity contribution is 0.589. The van der Waals surface area contributed by atoms with Crippen molar-refractivity contribution in [2.24, 2.45) is 0 Å². The van der Waals surface area contributed by atoms with Gasteiger partial charge in [-0.1, -0.05) is 15.9 Å². The van der Waals surface area contributed by atoms with E-state index in [9.17, 15) is 0 Å². The molecule has 1 saturated heterocycles. The predicted molar refractivity (Wildman–Crippen MR) is 64.0 cm³/mol. The molecule has 0 amide bonds. The first-order valence-corrected chi connectivity index (χ1v) is 4.88. The van der Waals surface area contributed by atoms with Gasteiger partial charge >= 0.3 is 0 Å². The van der Waals surface area contributed by atoms with Gasteiger partial charge in [0.15, 0.2) is 0 Å². The van der Waals surface area contributed by atoms with Crippen LogP contribution in [0.4, 0.5) is 5.69 Å². The first-order valence-electron chi connectivity index (χ1n) is 8.09. The molecule has 0 aromatic heterocycles. The highest BCUT2D eigenvalue weighted by Crippen LogP contribution is 2.22. The first-order chi connectivity index (χ1) is 9.72. The number of rotatable bonds is 1. The molecule has 1 heterocycles. The lowest BCUT2D eigenvalue weighted by Gasteiger charge is -2.29. The van der Waals surface area contributed by atoms with Crippen LogP contribution in [-0.2, 0) is 0 Å². The van der Waals surface area contributed by atoms with Gasteiger partial charge in [-0.3, -0.25) is 0 Å². The molecule has 76 valence electrons. The standard InChI is InChI=1S/C11H15BrN2/c1-9-6-10(12)8-11(7-9)14-4-2-13-3-5-14/h6-8,13H,2-5H2,1H3/i2D2,3D2,4D2,5D2. The second-order valence-electron chi connectivity index (χ2n) is 2.92. The van der Waals surface area contributed by atoms with E-state index in [0.29, 0.717) is 14.9 Å². The zero-order chi connectivity index (χ0) is 17.1. The van der Waals surface area contributed by atoms with Gasteiger partial charge in [-0.25, -0.2) is 0 Å². The molecule has 1 aliphatic rings. The fourth-order valence-corrected chi connectivity index (χ4v) is 1.80. The first kappa shape index (κ1) is 4.14. The van der Waals surface area contributed by atoms with Crippen LogP contribution in [0.15, 0.2) is 22.7 Å². The number of nitrogens with zero attached hydrogens (tertiary/aromatic N) is 1. The largest absolute Gasteiger partial charge is 0.369 e. The van der Waals surface area contributed by atoms with E-state index in [4.69, 9.17) is 11.0 Å². The Bertz CT molecular complexity index is 558. The molecule has 1 fully saturated rings. The number of aryl methyl sites for hydroxylation is 1. The van der Waals surface area contributed by atoms with Crippen molar-refractivity contribution in [2.75, 3.05) is 30.9 Å². The number of halogens is 1. The van der Waals surface area contributed by atoms with Gasteiger partial charge in [-0.2, -0.15) is 0 Å². The summed E-state index contributed by atoms with van der Waals surface area (Å²) in [4.78, 5) is 0.522. The van der Waals surface area contributed by atoms with Gasteiger partial charge in [0.05, 0.1) is 5.48 Å². The number of benzene rings is 1. The minimum atomic E-state index is -2.81. The molecular formula is C11H15BrN2. The third-order valence-electron chi connectivity index (χ3n) is 1.75. The topological polar surface area (TPSA) is 15.3 Å². The Morgan fingerprint density at radius 1 is 1.36 bits per heavy atom. The zero-order valence-electron chi connectivity index (χ0n) is 15.6. The number of nitrogens with one attached hydrogen (secondary N) is 1. The van der Waals surface area contributed by atoms with Crippen LogP contribution in [0.25, 0.3) is 0 Å². The Morgan fingerprint density at radius 2 is 2.07 bits per heavy atom. The molecule has 0 unspecified atom stereocenters. The number of anilines is 1. The molecule has 2 nitrogen and oxygen atoms in total. The van der Waals surface area contributed by atoms with Crippen LogP contribution in [0.2, 0.25) is 0 Å². The van der Waals surface area contributed by atoms with E-state index >= 15 is 0 Å². The second-order valence-corrected chi connectivity index (χ2v) is 3.84. The van der Waals surface area contributed by atoms with E-state index in [1.807, 2.05) is 0 Å². The zero-order valence-corrected chi connectivity index (χ0v) is 9.14. The van der Waals surface area contributed by atoms with Gasteiger partial charge in [-0.05, 0) is 30.7 Å². The second kappa shape index (κ2) is 4.32. The van der Waals surface area contributed by atoms with Crippen molar-refractivity contribution in [2.45, 2.75) is 6.92 Å². The molecule has 2 rings (SSSR count). The maximum Gasteiger partial charge on any atom is 0.0506 e. The van der Waals surface area contributed by atoms with Gasteiger partial charge in [0, 0.05) is 41.6 Å². The average Bonchev–Trinajstić information content (AvgIpc) is 2.22. The molecule has 1 N–H and O–H groups in total. The fourth-order valence-electron chi connectivity index (χ4n) is 1.20. The highest BCUT2D eigenvalue weighted by atomic mass is 79.9. The van der Waals surface area contributed by atoms with Crippen LogP contribution in [0.3, 0.4) is 0 Å². The summed E-state index contributed by atoms with van der Waals surface area (Å²) in [5.74, 6) is 0. The number of piperazine rings is 1. The molecule has 1 aliphatic heterocycles. The normalized spacial score (nSPS) is 40.0. The SMILES string of the molecule is [2H]C1([2H])NC([2H])([2H])C([2H])([2H])N(c2cc(C)cc(Br)c2)C1([2H])[2H]. The van der Waals surface area contributed by atoms with E-state index < -0.39 is 26.0 Å². The van der Waals surface area contributed by atoms with E-state index in [-0.39, 0.29) is 5.69 Å².